The third kappa shape index (κ3) is 4.17. The summed E-state index contributed by atoms with van der Waals surface area (Å²) in [6.07, 6.45) is 2.02. The zero-order valence-corrected chi connectivity index (χ0v) is 17.3. The molecule has 1 aliphatic rings. The van der Waals surface area contributed by atoms with E-state index in [1.165, 1.54) is 0 Å². The van der Waals surface area contributed by atoms with Gasteiger partial charge in [-0.05, 0) is 44.5 Å². The fourth-order valence-electron chi connectivity index (χ4n) is 3.60. The van der Waals surface area contributed by atoms with E-state index in [0.717, 1.165) is 17.8 Å². The van der Waals surface area contributed by atoms with Crippen molar-refractivity contribution in [3.8, 4) is 0 Å². The van der Waals surface area contributed by atoms with Crippen molar-refractivity contribution in [3.63, 3.8) is 0 Å². The number of halogens is 1. The summed E-state index contributed by atoms with van der Waals surface area (Å²) >= 11 is 6.48. The van der Waals surface area contributed by atoms with Gasteiger partial charge in [-0.2, -0.15) is 0 Å². The number of rotatable bonds is 5. The van der Waals surface area contributed by atoms with Crippen LogP contribution in [0.3, 0.4) is 0 Å². The van der Waals surface area contributed by atoms with Gasteiger partial charge in [-0.25, -0.2) is 4.79 Å². The van der Waals surface area contributed by atoms with E-state index in [4.69, 9.17) is 11.6 Å². The molecule has 0 fully saturated rings. The Hall–Kier alpha value is -2.47. The van der Waals surface area contributed by atoms with Gasteiger partial charge in [0.05, 0.1) is 6.04 Å². The van der Waals surface area contributed by atoms with Gasteiger partial charge in [0.1, 0.15) is 6.54 Å². The Labute approximate surface area is 171 Å². The molecule has 6 nitrogen and oxygen atoms in total. The average molecular weight is 403 g/mol. The third-order valence-electron chi connectivity index (χ3n) is 4.97. The average Bonchev–Trinajstić information content (AvgIpc) is 3.14. The van der Waals surface area contributed by atoms with E-state index in [9.17, 15) is 9.59 Å². The van der Waals surface area contributed by atoms with Crippen LogP contribution in [0.1, 0.15) is 38.1 Å². The quantitative estimate of drug-likeness (QED) is 0.831. The second-order valence-corrected chi connectivity index (χ2v) is 7.66. The molecule has 3 amide bonds. The maximum Gasteiger partial charge on any atom is 0.318 e. The number of urea groups is 1. The molecule has 2 heterocycles. The van der Waals surface area contributed by atoms with Gasteiger partial charge in [0.25, 0.3) is 0 Å². The Morgan fingerprint density at radius 3 is 2.64 bits per heavy atom. The Morgan fingerprint density at radius 1 is 1.21 bits per heavy atom. The summed E-state index contributed by atoms with van der Waals surface area (Å²) in [4.78, 5) is 29.0. The smallest absolute Gasteiger partial charge is 0.318 e. The molecule has 1 aromatic heterocycles. The van der Waals surface area contributed by atoms with Crippen LogP contribution in [0, 0.1) is 0 Å². The molecule has 0 saturated carbocycles. The number of amides is 3. The van der Waals surface area contributed by atoms with Gasteiger partial charge < -0.3 is 19.7 Å². The lowest BCUT2D eigenvalue weighted by molar-refractivity contribution is -0.134. The summed E-state index contributed by atoms with van der Waals surface area (Å²) in [5, 5.41) is 3.49. The normalized spacial score (nSPS) is 16.0. The molecular weight excluding hydrogens is 376 g/mol. The number of carbonyl (C=O) groups is 2. The van der Waals surface area contributed by atoms with Crippen molar-refractivity contribution in [3.05, 3.63) is 58.9 Å². The SMILES string of the molecule is CCN(CC(=O)N1CCn2cccc2C1c1ccccc1Cl)C(=O)NC(C)C. The summed E-state index contributed by atoms with van der Waals surface area (Å²) in [6, 6.07) is 11.2. The number of benzene rings is 1. The Kier molecular flexibility index (Phi) is 6.29. The summed E-state index contributed by atoms with van der Waals surface area (Å²) in [5.74, 6) is -0.0851. The standard InChI is InChI=1S/C21H27ClN4O2/c1-4-24(21(28)23-15(2)3)14-19(27)26-13-12-25-11-7-10-18(25)20(26)16-8-5-6-9-17(16)22/h5-11,15,20H,4,12-14H2,1-3H3,(H,23,28). The van der Waals surface area contributed by atoms with Gasteiger partial charge in [0, 0.05) is 42.6 Å². The molecule has 0 bridgehead atoms. The number of hydrogen-bond acceptors (Lipinski definition) is 2. The first-order valence-corrected chi connectivity index (χ1v) is 10.0. The predicted octanol–water partition coefficient (Wildman–Crippen LogP) is 3.51. The number of carbonyl (C=O) groups excluding carboxylic acids is 2. The molecule has 28 heavy (non-hydrogen) atoms. The molecule has 0 spiro atoms. The van der Waals surface area contributed by atoms with Gasteiger partial charge in [-0.15, -0.1) is 0 Å². The second kappa shape index (κ2) is 8.69. The van der Waals surface area contributed by atoms with Crippen LogP contribution in [0.2, 0.25) is 5.02 Å². The molecule has 1 aromatic carbocycles. The van der Waals surface area contributed by atoms with E-state index < -0.39 is 0 Å². The van der Waals surface area contributed by atoms with Crippen LogP contribution in [-0.4, -0.2) is 52.0 Å². The monoisotopic (exact) mass is 402 g/mol. The highest BCUT2D eigenvalue weighted by Crippen LogP contribution is 2.36. The fourth-order valence-corrected chi connectivity index (χ4v) is 3.83. The Bertz CT molecular complexity index is 848. The van der Waals surface area contributed by atoms with Gasteiger partial charge in [-0.1, -0.05) is 29.8 Å². The summed E-state index contributed by atoms with van der Waals surface area (Å²) < 4.78 is 2.15. The van der Waals surface area contributed by atoms with Crippen LogP contribution in [0.25, 0.3) is 0 Å². The zero-order valence-electron chi connectivity index (χ0n) is 16.6. The molecule has 1 N–H and O–H groups in total. The minimum absolute atomic E-state index is 0.0192. The number of aromatic nitrogens is 1. The predicted molar refractivity (Wildman–Crippen MR) is 110 cm³/mol. The zero-order chi connectivity index (χ0) is 20.3. The largest absolute Gasteiger partial charge is 0.348 e. The summed E-state index contributed by atoms with van der Waals surface area (Å²) in [5.41, 5.74) is 1.93. The van der Waals surface area contributed by atoms with Crippen LogP contribution in [0.15, 0.2) is 42.6 Å². The van der Waals surface area contributed by atoms with Gasteiger partial charge in [-0.3, -0.25) is 4.79 Å². The van der Waals surface area contributed by atoms with E-state index in [2.05, 4.69) is 9.88 Å². The number of likely N-dealkylation sites (N-methyl/N-ethyl adjacent to an activating group) is 1. The summed E-state index contributed by atoms with van der Waals surface area (Å²) in [7, 11) is 0. The third-order valence-corrected chi connectivity index (χ3v) is 5.31. The molecule has 1 atom stereocenters. The lowest BCUT2D eigenvalue weighted by Crippen LogP contribution is -2.50. The van der Waals surface area contributed by atoms with Gasteiger partial charge >= 0.3 is 6.03 Å². The van der Waals surface area contributed by atoms with Crippen LogP contribution in [0.5, 0.6) is 0 Å². The lowest BCUT2D eigenvalue weighted by Gasteiger charge is -2.38. The first-order valence-electron chi connectivity index (χ1n) is 9.66. The first kappa shape index (κ1) is 20.3. The first-order chi connectivity index (χ1) is 13.4. The Balaban J connectivity index is 1.88. The minimum Gasteiger partial charge on any atom is -0.348 e. The van der Waals surface area contributed by atoms with Crippen molar-refractivity contribution in [1.29, 1.82) is 0 Å². The van der Waals surface area contributed by atoms with Gasteiger partial charge in [0.2, 0.25) is 5.91 Å². The van der Waals surface area contributed by atoms with E-state index in [1.807, 2.05) is 68.3 Å². The van der Waals surface area contributed by atoms with Crippen LogP contribution in [0.4, 0.5) is 4.79 Å². The highest BCUT2D eigenvalue weighted by atomic mass is 35.5. The van der Waals surface area contributed by atoms with Crippen molar-refractivity contribution in [1.82, 2.24) is 19.7 Å². The van der Waals surface area contributed by atoms with E-state index in [-0.39, 0.29) is 30.6 Å². The molecular formula is C21H27ClN4O2. The minimum atomic E-state index is -0.267. The van der Waals surface area contributed by atoms with Crippen molar-refractivity contribution >= 4 is 23.5 Å². The number of nitrogens with one attached hydrogen (secondary N) is 1. The highest BCUT2D eigenvalue weighted by Gasteiger charge is 2.34. The maximum atomic E-state index is 13.2. The van der Waals surface area contributed by atoms with E-state index in [1.54, 1.807) is 4.90 Å². The molecule has 150 valence electrons. The Morgan fingerprint density at radius 2 is 1.96 bits per heavy atom. The van der Waals surface area contributed by atoms with Crippen molar-refractivity contribution in [2.75, 3.05) is 19.6 Å². The lowest BCUT2D eigenvalue weighted by atomic mass is 9.99. The van der Waals surface area contributed by atoms with Crippen LogP contribution in [-0.2, 0) is 11.3 Å². The molecule has 0 aliphatic carbocycles. The van der Waals surface area contributed by atoms with Crippen molar-refractivity contribution in [2.24, 2.45) is 0 Å². The number of fused-ring (bicyclic) bond motifs is 1. The van der Waals surface area contributed by atoms with Crippen LogP contribution >= 0.6 is 11.6 Å². The fraction of sp³-hybridized carbons (Fsp3) is 0.429. The molecule has 0 radical (unpaired) electrons. The maximum absolute atomic E-state index is 13.2. The van der Waals surface area contributed by atoms with Crippen molar-refractivity contribution < 1.29 is 9.59 Å². The number of nitrogens with zero attached hydrogens (tertiary/aromatic N) is 3. The molecule has 0 saturated heterocycles. The van der Waals surface area contributed by atoms with Gasteiger partial charge in [0.15, 0.2) is 0 Å². The van der Waals surface area contributed by atoms with E-state index >= 15 is 0 Å². The molecule has 7 heteroatoms. The highest BCUT2D eigenvalue weighted by molar-refractivity contribution is 6.31. The van der Waals surface area contributed by atoms with E-state index in [0.29, 0.717) is 18.1 Å². The van der Waals surface area contributed by atoms with Crippen molar-refractivity contribution in [2.45, 2.75) is 39.4 Å². The molecule has 2 aromatic rings. The summed E-state index contributed by atoms with van der Waals surface area (Å²) in [6.45, 7) is 7.47. The second-order valence-electron chi connectivity index (χ2n) is 7.26. The molecule has 3 rings (SSSR count). The molecule has 1 unspecified atom stereocenters. The van der Waals surface area contributed by atoms with Crippen LogP contribution < -0.4 is 5.32 Å². The molecule has 1 aliphatic heterocycles. The topological polar surface area (TPSA) is 57.6 Å². The number of hydrogen-bond donors (Lipinski definition) is 1.